The lowest BCUT2D eigenvalue weighted by Gasteiger charge is -2.34. The number of likely N-dealkylation sites (N-methyl/N-ethyl adjacent to an activating group) is 1. The number of hydrogen-bond acceptors (Lipinski definition) is 6. The van der Waals surface area contributed by atoms with Crippen LogP contribution in [0.2, 0.25) is 0 Å². The van der Waals surface area contributed by atoms with E-state index in [9.17, 15) is 28.0 Å². The Labute approximate surface area is 212 Å². The summed E-state index contributed by atoms with van der Waals surface area (Å²) < 4.78 is 26.4. The molecule has 1 heterocycles. The Balaban J connectivity index is 1.90. The number of rotatable bonds is 11. The van der Waals surface area contributed by atoms with Crippen molar-refractivity contribution in [2.75, 3.05) is 19.3 Å². The Morgan fingerprint density at radius 3 is 2.25 bits per heavy atom. The quantitative estimate of drug-likeness (QED) is 0.159. The summed E-state index contributed by atoms with van der Waals surface area (Å²) in [7, 11) is -2.52. The first-order valence-corrected chi connectivity index (χ1v) is 13.7. The molecule has 0 aromatic heterocycles. The number of imide groups is 1. The molecule has 9 nitrogen and oxygen atoms in total. The van der Waals surface area contributed by atoms with Crippen LogP contribution in [0.15, 0.2) is 54.6 Å². The zero-order valence-electron chi connectivity index (χ0n) is 21.2. The maximum absolute atomic E-state index is 13.9. The van der Waals surface area contributed by atoms with Crippen molar-refractivity contribution in [3.8, 4) is 0 Å². The van der Waals surface area contributed by atoms with Gasteiger partial charge in [0.1, 0.15) is 10.3 Å². The lowest BCUT2D eigenvalue weighted by atomic mass is 9.88. The number of nitrogens with zero attached hydrogens (tertiary/aromatic N) is 3. The van der Waals surface area contributed by atoms with Crippen molar-refractivity contribution in [1.29, 1.82) is 0 Å². The highest BCUT2D eigenvalue weighted by atomic mass is 32.2. The number of benzene rings is 1. The molecule has 1 aliphatic heterocycles. The normalized spacial score (nSPS) is 24.3. The van der Waals surface area contributed by atoms with Crippen LogP contribution in [0.5, 0.6) is 0 Å². The van der Waals surface area contributed by atoms with Gasteiger partial charge in [-0.2, -0.15) is 0 Å². The van der Waals surface area contributed by atoms with Gasteiger partial charge in [0.15, 0.2) is 9.84 Å². The molecule has 0 spiro atoms. The molecule has 3 rings (SSSR count). The first kappa shape index (κ1) is 27.6. The number of urea groups is 1. The van der Waals surface area contributed by atoms with Crippen molar-refractivity contribution in [2.45, 2.75) is 62.3 Å². The highest BCUT2D eigenvalue weighted by molar-refractivity contribution is 7.93. The fourth-order valence-corrected chi connectivity index (χ4v) is 6.69. The lowest BCUT2D eigenvalue weighted by Crippen LogP contribution is -2.51. The first-order chi connectivity index (χ1) is 16.9. The van der Waals surface area contributed by atoms with Crippen molar-refractivity contribution >= 4 is 28.2 Å². The highest BCUT2D eigenvalue weighted by Gasteiger charge is 2.51. The largest absolute Gasteiger partial charge is 0.327 e. The summed E-state index contributed by atoms with van der Waals surface area (Å²) in [5, 5.41) is 10.5. The Hall–Kier alpha value is -2.98. The fraction of sp³-hybridized carbons (Fsp3) is 0.500. The standard InChI is InChI=1S/C26H35N3O6S/c1-5-6-14-26(15-12-21(13-16-26)20-10-8-7-9-11-20)36(34,35)18-22(29(33)19-30)17-28-23(31)25(2,3)27(4)24(28)32/h7-13,15-16,19,21-22,33H,5-6,14,17-18H2,1-4H3. The van der Waals surface area contributed by atoms with Crippen LogP contribution in [0.25, 0.3) is 0 Å². The molecule has 0 radical (unpaired) electrons. The van der Waals surface area contributed by atoms with Crippen LogP contribution < -0.4 is 0 Å². The number of carbonyl (C=O) groups excluding carboxylic acids is 3. The van der Waals surface area contributed by atoms with E-state index >= 15 is 0 Å². The average molecular weight is 518 g/mol. The molecular formula is C26H35N3O6S. The maximum atomic E-state index is 13.9. The van der Waals surface area contributed by atoms with Crippen LogP contribution >= 0.6 is 0 Å². The minimum atomic E-state index is -3.99. The van der Waals surface area contributed by atoms with Gasteiger partial charge in [0.05, 0.1) is 18.3 Å². The molecule has 1 aliphatic carbocycles. The summed E-state index contributed by atoms with van der Waals surface area (Å²) in [5.41, 5.74) is -0.0873. The van der Waals surface area contributed by atoms with Crippen molar-refractivity contribution in [3.63, 3.8) is 0 Å². The van der Waals surface area contributed by atoms with Crippen molar-refractivity contribution in [3.05, 3.63) is 60.2 Å². The summed E-state index contributed by atoms with van der Waals surface area (Å²) in [6.45, 7) is 4.69. The Kier molecular flexibility index (Phi) is 8.10. The fourth-order valence-electron chi connectivity index (χ4n) is 4.59. The van der Waals surface area contributed by atoms with Crippen molar-refractivity contribution in [2.24, 2.45) is 0 Å². The van der Waals surface area contributed by atoms with E-state index in [4.69, 9.17) is 0 Å². The van der Waals surface area contributed by atoms with Crippen molar-refractivity contribution in [1.82, 2.24) is 14.9 Å². The van der Waals surface area contributed by atoms with E-state index in [0.717, 1.165) is 16.9 Å². The molecule has 36 heavy (non-hydrogen) atoms. The first-order valence-electron chi connectivity index (χ1n) is 12.1. The zero-order valence-corrected chi connectivity index (χ0v) is 22.0. The molecule has 1 saturated heterocycles. The van der Waals surface area contributed by atoms with Gasteiger partial charge in [-0.1, -0.05) is 74.4 Å². The molecule has 1 aromatic rings. The Bertz CT molecular complexity index is 1130. The third-order valence-electron chi connectivity index (χ3n) is 7.27. The highest BCUT2D eigenvalue weighted by Crippen LogP contribution is 2.36. The molecule has 1 atom stereocenters. The van der Waals surface area contributed by atoms with E-state index in [2.05, 4.69) is 0 Å². The summed E-state index contributed by atoms with van der Waals surface area (Å²) in [6.07, 6.45) is 8.96. The molecule has 1 aromatic carbocycles. The molecule has 196 valence electrons. The molecule has 1 N–H and O–H groups in total. The molecule has 2 aliphatic rings. The summed E-state index contributed by atoms with van der Waals surface area (Å²) >= 11 is 0. The zero-order chi connectivity index (χ0) is 26.7. The van der Waals surface area contributed by atoms with E-state index in [1.807, 2.05) is 49.4 Å². The third-order valence-corrected chi connectivity index (χ3v) is 9.73. The smallest absolute Gasteiger partial charge is 0.313 e. The van der Waals surface area contributed by atoms with E-state index in [1.54, 1.807) is 26.0 Å². The number of unbranched alkanes of at least 4 members (excludes halogenated alkanes) is 1. The van der Waals surface area contributed by atoms with E-state index in [1.165, 1.54) is 11.9 Å². The maximum Gasteiger partial charge on any atom is 0.327 e. The van der Waals surface area contributed by atoms with Crippen LogP contribution in [0.3, 0.4) is 0 Å². The van der Waals surface area contributed by atoms with Crippen LogP contribution in [0.1, 0.15) is 51.5 Å². The van der Waals surface area contributed by atoms with Gasteiger partial charge in [0.25, 0.3) is 5.91 Å². The van der Waals surface area contributed by atoms with Crippen molar-refractivity contribution < 1.29 is 28.0 Å². The second-order valence-electron chi connectivity index (χ2n) is 9.95. The van der Waals surface area contributed by atoms with Crippen LogP contribution in [0.4, 0.5) is 4.79 Å². The van der Waals surface area contributed by atoms with Gasteiger partial charge in [0, 0.05) is 13.0 Å². The summed E-state index contributed by atoms with van der Waals surface area (Å²) in [4.78, 5) is 39.1. The van der Waals surface area contributed by atoms with Gasteiger partial charge in [-0.05, 0) is 25.8 Å². The van der Waals surface area contributed by atoms with Gasteiger partial charge in [-0.3, -0.25) is 19.7 Å². The third kappa shape index (κ3) is 5.10. The molecule has 4 amide bonds. The molecule has 0 bridgehead atoms. The molecule has 1 fully saturated rings. The monoisotopic (exact) mass is 517 g/mol. The van der Waals surface area contributed by atoms with Gasteiger partial charge >= 0.3 is 6.03 Å². The number of sulfone groups is 1. The number of carbonyl (C=O) groups is 3. The Morgan fingerprint density at radius 1 is 1.14 bits per heavy atom. The van der Waals surface area contributed by atoms with Gasteiger partial charge in [-0.25, -0.2) is 18.3 Å². The minimum Gasteiger partial charge on any atom is -0.313 e. The predicted octanol–water partition coefficient (Wildman–Crippen LogP) is 3.13. The van der Waals surface area contributed by atoms with Gasteiger partial charge in [0.2, 0.25) is 6.41 Å². The van der Waals surface area contributed by atoms with E-state index in [-0.39, 0.29) is 17.4 Å². The Morgan fingerprint density at radius 2 is 1.75 bits per heavy atom. The molecular weight excluding hydrogens is 482 g/mol. The van der Waals surface area contributed by atoms with Crippen LogP contribution in [-0.4, -0.2) is 82.5 Å². The topological polar surface area (TPSA) is 115 Å². The number of amides is 4. The number of hydroxylamine groups is 2. The van der Waals surface area contributed by atoms with Gasteiger partial charge < -0.3 is 4.90 Å². The average Bonchev–Trinajstić information content (AvgIpc) is 3.01. The molecule has 1 unspecified atom stereocenters. The van der Waals surface area contributed by atoms with Crippen LogP contribution in [-0.2, 0) is 19.4 Å². The molecule has 10 heteroatoms. The summed E-state index contributed by atoms with van der Waals surface area (Å²) in [5.74, 6) is -1.23. The SMILES string of the molecule is CCCCC1(S(=O)(=O)CC(CN2C(=O)N(C)C(C)(C)C2=O)N(O)C=O)C=CC(c2ccccc2)C=C1. The summed E-state index contributed by atoms with van der Waals surface area (Å²) in [6, 6.07) is 7.76. The second-order valence-corrected chi connectivity index (χ2v) is 12.3. The second kappa shape index (κ2) is 10.6. The molecule has 0 saturated carbocycles. The minimum absolute atomic E-state index is 0.0751. The van der Waals surface area contributed by atoms with Crippen LogP contribution in [0, 0.1) is 0 Å². The van der Waals surface area contributed by atoms with Gasteiger partial charge in [-0.15, -0.1) is 0 Å². The predicted molar refractivity (Wildman–Crippen MR) is 136 cm³/mol. The van der Waals surface area contributed by atoms with E-state index in [0.29, 0.717) is 12.8 Å². The lowest BCUT2D eigenvalue weighted by molar-refractivity contribution is -0.160. The number of allylic oxidation sites excluding steroid dienone is 2. The number of hydrogen-bond donors (Lipinski definition) is 1. The van der Waals surface area contributed by atoms with E-state index < -0.39 is 50.4 Å².